The Morgan fingerprint density at radius 3 is 1.76 bits per heavy atom. The van der Waals surface area contributed by atoms with E-state index in [9.17, 15) is 9.59 Å². The Morgan fingerprint density at radius 2 is 1.21 bits per heavy atom. The second-order valence-electron chi connectivity index (χ2n) is 6.47. The van der Waals surface area contributed by atoms with Gasteiger partial charge in [-0.3, -0.25) is 9.59 Å². The largest absolute Gasteiger partial charge is 0.460 e. The fourth-order valence-corrected chi connectivity index (χ4v) is 3.60. The molecule has 3 aromatic carbocycles. The van der Waals surface area contributed by atoms with Gasteiger partial charge in [0.05, 0.1) is 5.92 Å². The highest BCUT2D eigenvalue weighted by molar-refractivity contribution is 9.11. The molecule has 0 aliphatic rings. The number of halogens is 3. The van der Waals surface area contributed by atoms with E-state index in [2.05, 4.69) is 47.8 Å². The van der Waals surface area contributed by atoms with E-state index in [0.29, 0.717) is 5.56 Å². The molecule has 1 unspecified atom stereocenters. The van der Waals surface area contributed by atoms with Crippen LogP contribution in [0.25, 0.3) is 0 Å². The van der Waals surface area contributed by atoms with E-state index in [-0.39, 0.29) is 18.8 Å². The first-order chi connectivity index (χ1) is 13.9. The second-order valence-corrected chi connectivity index (χ2v) is 9.22. The number of Topliss-reactive ketones (excluding diaryl/α,β-unsaturated/α-hetero) is 1. The molecule has 0 radical (unpaired) electrons. The Labute approximate surface area is 194 Å². The average molecular weight is 581 g/mol. The van der Waals surface area contributed by atoms with Crippen LogP contribution in [-0.4, -0.2) is 11.8 Å². The normalized spacial score (nSPS) is 11.7. The third-order valence-electron chi connectivity index (χ3n) is 4.41. The number of ketones is 1. The maximum Gasteiger partial charge on any atom is 0.314 e. The molecule has 148 valence electrons. The van der Waals surface area contributed by atoms with Crippen molar-refractivity contribution in [3.63, 3.8) is 0 Å². The van der Waals surface area contributed by atoms with Crippen molar-refractivity contribution >= 4 is 59.5 Å². The van der Waals surface area contributed by atoms with Gasteiger partial charge in [0.2, 0.25) is 0 Å². The van der Waals surface area contributed by atoms with Gasteiger partial charge in [-0.1, -0.05) is 84.2 Å². The summed E-state index contributed by atoms with van der Waals surface area (Å²) in [4.78, 5) is 25.7. The lowest BCUT2D eigenvalue weighted by Gasteiger charge is -2.16. The summed E-state index contributed by atoms with van der Waals surface area (Å²) in [6, 6.07) is 22.1. The van der Waals surface area contributed by atoms with E-state index < -0.39 is 11.9 Å². The van der Waals surface area contributed by atoms with Crippen LogP contribution < -0.4 is 0 Å². The molecule has 0 saturated carbocycles. The number of esters is 1. The van der Waals surface area contributed by atoms with Gasteiger partial charge in [0.25, 0.3) is 0 Å². The zero-order valence-electron chi connectivity index (χ0n) is 15.3. The smallest absolute Gasteiger partial charge is 0.314 e. The molecule has 0 aliphatic heterocycles. The zero-order chi connectivity index (χ0) is 20.8. The molecule has 6 heteroatoms. The van der Waals surface area contributed by atoms with Gasteiger partial charge in [0.1, 0.15) is 6.61 Å². The zero-order valence-corrected chi connectivity index (χ0v) is 20.0. The molecule has 3 nitrogen and oxygen atoms in total. The van der Waals surface area contributed by atoms with E-state index in [0.717, 1.165) is 24.5 Å². The van der Waals surface area contributed by atoms with Gasteiger partial charge in [-0.05, 0) is 47.5 Å². The molecule has 3 aromatic rings. The van der Waals surface area contributed by atoms with Gasteiger partial charge in [0, 0.05) is 25.4 Å². The molecule has 0 spiro atoms. The molecular weight excluding hydrogens is 564 g/mol. The van der Waals surface area contributed by atoms with E-state index in [4.69, 9.17) is 4.74 Å². The second kappa shape index (κ2) is 10.3. The summed E-state index contributed by atoms with van der Waals surface area (Å²) in [6.45, 7) is 0.158. The van der Waals surface area contributed by atoms with E-state index in [1.54, 1.807) is 12.1 Å². The molecule has 0 N–H and O–H groups in total. The molecule has 0 amide bonds. The highest BCUT2D eigenvalue weighted by atomic mass is 79.9. The van der Waals surface area contributed by atoms with Crippen molar-refractivity contribution < 1.29 is 14.3 Å². The Kier molecular flexibility index (Phi) is 7.81. The van der Waals surface area contributed by atoms with Crippen molar-refractivity contribution in [3.05, 3.63) is 103 Å². The third-order valence-corrected chi connectivity index (χ3v) is 5.99. The molecule has 0 heterocycles. The molecular formula is C23H17Br3O3. The summed E-state index contributed by atoms with van der Waals surface area (Å²) in [5, 5.41) is 0. The van der Waals surface area contributed by atoms with E-state index >= 15 is 0 Å². The van der Waals surface area contributed by atoms with Crippen LogP contribution >= 0.6 is 47.8 Å². The highest BCUT2D eigenvalue weighted by Gasteiger charge is 2.26. The SMILES string of the molecule is O=C(CC(C(=O)OCc1ccc(Br)cc1)c1ccc(Br)cc1)c1ccc(Br)cc1. The summed E-state index contributed by atoms with van der Waals surface area (Å²) < 4.78 is 8.30. The lowest BCUT2D eigenvalue weighted by molar-refractivity contribution is -0.146. The number of hydrogen-bond donors (Lipinski definition) is 0. The fraction of sp³-hybridized carbons (Fsp3) is 0.130. The van der Waals surface area contributed by atoms with Gasteiger partial charge in [-0.25, -0.2) is 0 Å². The van der Waals surface area contributed by atoms with Crippen molar-refractivity contribution in [2.45, 2.75) is 18.9 Å². The maximum absolute atomic E-state index is 12.9. The fourth-order valence-electron chi connectivity index (χ4n) is 2.81. The summed E-state index contributed by atoms with van der Waals surface area (Å²) in [6.07, 6.45) is 0.0441. The van der Waals surface area contributed by atoms with Crippen molar-refractivity contribution in [2.24, 2.45) is 0 Å². The van der Waals surface area contributed by atoms with Crippen LogP contribution in [0.1, 0.15) is 33.8 Å². The molecule has 3 rings (SSSR count). The predicted octanol–water partition coefficient (Wildman–Crippen LogP) is 7.07. The third kappa shape index (κ3) is 6.36. The van der Waals surface area contributed by atoms with Gasteiger partial charge in [-0.15, -0.1) is 0 Å². The van der Waals surface area contributed by atoms with Gasteiger partial charge in [0.15, 0.2) is 5.78 Å². The van der Waals surface area contributed by atoms with Crippen LogP contribution in [0, 0.1) is 0 Å². The van der Waals surface area contributed by atoms with Crippen LogP contribution in [0.15, 0.2) is 86.2 Å². The van der Waals surface area contributed by atoms with Crippen molar-refractivity contribution in [1.82, 2.24) is 0 Å². The quantitative estimate of drug-likeness (QED) is 0.222. The van der Waals surface area contributed by atoms with E-state index in [1.807, 2.05) is 60.7 Å². The molecule has 0 fully saturated rings. The van der Waals surface area contributed by atoms with Crippen molar-refractivity contribution in [2.75, 3.05) is 0 Å². The molecule has 0 bridgehead atoms. The standard InChI is InChI=1S/C23H17Br3O3/c24-18-7-1-15(2-8-18)14-29-23(28)21(16-3-9-19(25)10-4-16)13-22(27)17-5-11-20(26)12-6-17/h1-12,21H,13-14H2. The summed E-state index contributed by atoms with van der Waals surface area (Å²) in [7, 11) is 0. The minimum Gasteiger partial charge on any atom is -0.460 e. The minimum atomic E-state index is -0.672. The maximum atomic E-state index is 12.9. The molecule has 0 saturated heterocycles. The van der Waals surface area contributed by atoms with Crippen molar-refractivity contribution in [1.29, 1.82) is 0 Å². The Balaban J connectivity index is 1.77. The number of carbonyl (C=O) groups excluding carboxylic acids is 2. The number of carbonyl (C=O) groups is 2. The first-order valence-electron chi connectivity index (χ1n) is 8.87. The van der Waals surface area contributed by atoms with Gasteiger partial charge in [-0.2, -0.15) is 0 Å². The number of benzene rings is 3. The Morgan fingerprint density at radius 1 is 0.724 bits per heavy atom. The molecule has 0 aliphatic carbocycles. The van der Waals surface area contributed by atoms with Gasteiger partial charge >= 0.3 is 5.97 Å². The predicted molar refractivity (Wildman–Crippen MR) is 124 cm³/mol. The Hall–Kier alpha value is -1.76. The van der Waals surface area contributed by atoms with Crippen LogP contribution in [0.2, 0.25) is 0 Å². The average Bonchev–Trinajstić information content (AvgIpc) is 2.72. The van der Waals surface area contributed by atoms with Gasteiger partial charge < -0.3 is 4.74 Å². The first-order valence-corrected chi connectivity index (χ1v) is 11.3. The van der Waals surface area contributed by atoms with Crippen LogP contribution in [0.5, 0.6) is 0 Å². The first kappa shape index (κ1) is 21.9. The summed E-state index contributed by atoms with van der Waals surface area (Å²) >= 11 is 10.2. The van der Waals surface area contributed by atoms with Crippen molar-refractivity contribution in [3.8, 4) is 0 Å². The minimum absolute atomic E-state index is 0.0441. The number of hydrogen-bond acceptors (Lipinski definition) is 3. The molecule has 1 atom stereocenters. The number of ether oxygens (including phenoxy) is 1. The number of rotatable bonds is 7. The molecule has 0 aromatic heterocycles. The van der Waals surface area contributed by atoms with Crippen LogP contribution in [0.3, 0.4) is 0 Å². The lowest BCUT2D eigenvalue weighted by Crippen LogP contribution is -2.19. The van der Waals surface area contributed by atoms with E-state index in [1.165, 1.54) is 0 Å². The topological polar surface area (TPSA) is 43.4 Å². The summed E-state index contributed by atoms with van der Waals surface area (Å²) in [5.74, 6) is -1.19. The van der Waals surface area contributed by atoms with Crippen LogP contribution in [0.4, 0.5) is 0 Å². The van der Waals surface area contributed by atoms with Crippen LogP contribution in [-0.2, 0) is 16.1 Å². The lowest BCUT2D eigenvalue weighted by atomic mass is 9.91. The Bertz CT molecular complexity index is 981. The monoisotopic (exact) mass is 578 g/mol. The molecule has 29 heavy (non-hydrogen) atoms. The highest BCUT2D eigenvalue weighted by Crippen LogP contribution is 2.26. The summed E-state index contributed by atoms with van der Waals surface area (Å²) in [5.41, 5.74) is 2.20.